The molecule has 1 aromatic carbocycles. The Hall–Kier alpha value is -1.57. The Morgan fingerprint density at radius 3 is 2.35 bits per heavy atom. The standard InChI is InChI=1S/C15H20O2/c1-4-5-6-14(11(2)3)12-7-9-13(10-8-12)15(16)17/h4,7-11,14H,1,5-6H2,2-3H3,(H,16,17). The number of aromatic carboxylic acids is 1. The third-order valence-corrected chi connectivity index (χ3v) is 3.07. The fraction of sp³-hybridized carbons (Fsp3) is 0.400. The minimum atomic E-state index is -0.872. The van der Waals surface area contributed by atoms with Crippen molar-refractivity contribution in [1.29, 1.82) is 0 Å². The van der Waals surface area contributed by atoms with Gasteiger partial charge >= 0.3 is 5.97 Å². The summed E-state index contributed by atoms with van der Waals surface area (Å²) in [4.78, 5) is 10.8. The van der Waals surface area contributed by atoms with Crippen molar-refractivity contribution in [2.24, 2.45) is 5.92 Å². The van der Waals surface area contributed by atoms with Crippen molar-refractivity contribution in [3.63, 3.8) is 0 Å². The maximum Gasteiger partial charge on any atom is 0.335 e. The van der Waals surface area contributed by atoms with Crippen LogP contribution in [0.1, 0.15) is 48.5 Å². The van der Waals surface area contributed by atoms with E-state index >= 15 is 0 Å². The molecule has 0 amide bonds. The van der Waals surface area contributed by atoms with Gasteiger partial charge in [0.1, 0.15) is 0 Å². The van der Waals surface area contributed by atoms with Gasteiger partial charge in [0.2, 0.25) is 0 Å². The zero-order valence-corrected chi connectivity index (χ0v) is 10.5. The molecule has 0 saturated carbocycles. The van der Waals surface area contributed by atoms with Crippen LogP contribution in [0.5, 0.6) is 0 Å². The Balaban J connectivity index is 2.87. The fourth-order valence-electron chi connectivity index (χ4n) is 2.06. The van der Waals surface area contributed by atoms with Crippen LogP contribution in [0.2, 0.25) is 0 Å². The number of hydrogen-bond donors (Lipinski definition) is 1. The van der Waals surface area contributed by atoms with E-state index in [1.807, 2.05) is 18.2 Å². The van der Waals surface area contributed by atoms with Gasteiger partial charge in [-0.25, -0.2) is 4.79 Å². The van der Waals surface area contributed by atoms with Gasteiger partial charge in [-0.05, 0) is 42.4 Å². The monoisotopic (exact) mass is 232 g/mol. The second-order valence-corrected chi connectivity index (χ2v) is 4.64. The molecule has 0 saturated heterocycles. The lowest BCUT2D eigenvalue weighted by molar-refractivity contribution is 0.0697. The van der Waals surface area contributed by atoms with Crippen LogP contribution < -0.4 is 0 Å². The van der Waals surface area contributed by atoms with E-state index in [1.54, 1.807) is 12.1 Å². The first-order chi connectivity index (χ1) is 8.06. The largest absolute Gasteiger partial charge is 0.478 e. The Labute approximate surface area is 103 Å². The summed E-state index contributed by atoms with van der Waals surface area (Å²) in [6.07, 6.45) is 3.98. The highest BCUT2D eigenvalue weighted by atomic mass is 16.4. The molecule has 2 nitrogen and oxygen atoms in total. The zero-order valence-electron chi connectivity index (χ0n) is 10.5. The maximum atomic E-state index is 10.8. The molecule has 1 atom stereocenters. The number of allylic oxidation sites excluding steroid dienone is 1. The highest BCUT2D eigenvalue weighted by molar-refractivity contribution is 5.87. The van der Waals surface area contributed by atoms with Crippen LogP contribution in [0.4, 0.5) is 0 Å². The summed E-state index contributed by atoms with van der Waals surface area (Å²) in [5.41, 5.74) is 1.56. The summed E-state index contributed by atoms with van der Waals surface area (Å²) in [7, 11) is 0. The van der Waals surface area contributed by atoms with E-state index in [1.165, 1.54) is 5.56 Å². The molecule has 92 valence electrons. The van der Waals surface area contributed by atoms with Crippen LogP contribution >= 0.6 is 0 Å². The van der Waals surface area contributed by atoms with Gasteiger partial charge < -0.3 is 5.11 Å². The lowest BCUT2D eigenvalue weighted by atomic mass is 9.84. The van der Waals surface area contributed by atoms with Crippen LogP contribution in [-0.2, 0) is 0 Å². The van der Waals surface area contributed by atoms with E-state index < -0.39 is 5.97 Å². The van der Waals surface area contributed by atoms with Crippen LogP contribution in [0.15, 0.2) is 36.9 Å². The SMILES string of the molecule is C=CCCC(c1ccc(C(=O)O)cc1)C(C)C. The predicted octanol–water partition coefficient (Wildman–Crippen LogP) is 4.09. The summed E-state index contributed by atoms with van der Waals surface area (Å²) in [6, 6.07) is 7.22. The van der Waals surface area contributed by atoms with Crippen molar-refractivity contribution < 1.29 is 9.90 Å². The molecule has 1 aromatic rings. The van der Waals surface area contributed by atoms with Crippen LogP contribution in [0.3, 0.4) is 0 Å². The summed E-state index contributed by atoms with van der Waals surface area (Å²) < 4.78 is 0. The van der Waals surface area contributed by atoms with Gasteiger partial charge in [-0.1, -0.05) is 32.1 Å². The molecule has 0 fully saturated rings. The van der Waals surface area contributed by atoms with Crippen molar-refractivity contribution in [2.75, 3.05) is 0 Å². The summed E-state index contributed by atoms with van der Waals surface area (Å²) >= 11 is 0. The summed E-state index contributed by atoms with van der Waals surface area (Å²) in [5.74, 6) is 0.144. The average molecular weight is 232 g/mol. The van der Waals surface area contributed by atoms with Gasteiger partial charge in [0.15, 0.2) is 0 Å². The molecule has 0 aliphatic carbocycles. The molecule has 1 rings (SSSR count). The predicted molar refractivity (Wildman–Crippen MR) is 70.4 cm³/mol. The maximum absolute atomic E-state index is 10.8. The Morgan fingerprint density at radius 1 is 1.35 bits per heavy atom. The minimum Gasteiger partial charge on any atom is -0.478 e. The van der Waals surface area contributed by atoms with Gasteiger partial charge in [0, 0.05) is 0 Å². The third-order valence-electron chi connectivity index (χ3n) is 3.07. The molecular weight excluding hydrogens is 212 g/mol. The van der Waals surface area contributed by atoms with E-state index in [4.69, 9.17) is 5.11 Å². The van der Waals surface area contributed by atoms with E-state index in [0.717, 1.165) is 12.8 Å². The van der Waals surface area contributed by atoms with Crippen LogP contribution in [0, 0.1) is 5.92 Å². The molecular formula is C15H20O2. The van der Waals surface area contributed by atoms with Crippen LogP contribution in [-0.4, -0.2) is 11.1 Å². The first-order valence-corrected chi connectivity index (χ1v) is 6.00. The van der Waals surface area contributed by atoms with Crippen molar-refractivity contribution in [2.45, 2.75) is 32.6 Å². The van der Waals surface area contributed by atoms with Crippen molar-refractivity contribution in [3.05, 3.63) is 48.0 Å². The second-order valence-electron chi connectivity index (χ2n) is 4.64. The van der Waals surface area contributed by atoms with Crippen molar-refractivity contribution in [1.82, 2.24) is 0 Å². The van der Waals surface area contributed by atoms with E-state index in [-0.39, 0.29) is 0 Å². The molecule has 0 aromatic heterocycles. The zero-order chi connectivity index (χ0) is 12.8. The second kappa shape index (κ2) is 6.24. The van der Waals surface area contributed by atoms with Gasteiger partial charge in [-0.2, -0.15) is 0 Å². The highest BCUT2D eigenvalue weighted by Crippen LogP contribution is 2.29. The molecule has 0 heterocycles. The quantitative estimate of drug-likeness (QED) is 0.750. The topological polar surface area (TPSA) is 37.3 Å². The van der Waals surface area contributed by atoms with E-state index in [0.29, 0.717) is 17.4 Å². The van der Waals surface area contributed by atoms with Crippen LogP contribution in [0.25, 0.3) is 0 Å². The highest BCUT2D eigenvalue weighted by Gasteiger charge is 2.15. The summed E-state index contributed by atoms with van der Waals surface area (Å²) in [5, 5.41) is 8.85. The Morgan fingerprint density at radius 2 is 1.94 bits per heavy atom. The molecule has 0 radical (unpaired) electrons. The van der Waals surface area contributed by atoms with E-state index in [2.05, 4.69) is 20.4 Å². The molecule has 0 aliphatic rings. The molecule has 1 unspecified atom stereocenters. The number of carboxylic acid groups (broad SMARTS) is 1. The molecule has 0 spiro atoms. The Kier molecular flexibility index (Phi) is 4.95. The van der Waals surface area contributed by atoms with Gasteiger partial charge in [-0.15, -0.1) is 6.58 Å². The average Bonchev–Trinajstić information content (AvgIpc) is 2.29. The van der Waals surface area contributed by atoms with Crippen molar-refractivity contribution >= 4 is 5.97 Å². The smallest absolute Gasteiger partial charge is 0.335 e. The normalized spacial score (nSPS) is 12.4. The lowest BCUT2D eigenvalue weighted by Crippen LogP contribution is -2.07. The number of carboxylic acids is 1. The molecule has 0 aliphatic heterocycles. The number of benzene rings is 1. The molecule has 0 bridgehead atoms. The molecule has 2 heteroatoms. The molecule has 1 N–H and O–H groups in total. The third kappa shape index (κ3) is 3.74. The van der Waals surface area contributed by atoms with E-state index in [9.17, 15) is 4.79 Å². The first kappa shape index (κ1) is 13.5. The lowest BCUT2D eigenvalue weighted by Gasteiger charge is -2.20. The number of carbonyl (C=O) groups is 1. The number of hydrogen-bond acceptors (Lipinski definition) is 1. The minimum absolute atomic E-state index is 0.347. The van der Waals surface area contributed by atoms with Crippen molar-refractivity contribution in [3.8, 4) is 0 Å². The van der Waals surface area contributed by atoms with Gasteiger partial charge in [0.25, 0.3) is 0 Å². The number of rotatable bonds is 6. The Bertz CT molecular complexity index is 376. The first-order valence-electron chi connectivity index (χ1n) is 6.00. The summed E-state index contributed by atoms with van der Waals surface area (Å²) in [6.45, 7) is 8.13. The van der Waals surface area contributed by atoms with Gasteiger partial charge in [0.05, 0.1) is 5.56 Å². The fourth-order valence-corrected chi connectivity index (χ4v) is 2.06. The van der Waals surface area contributed by atoms with Gasteiger partial charge in [-0.3, -0.25) is 0 Å². The molecule has 17 heavy (non-hydrogen) atoms.